The van der Waals surface area contributed by atoms with Gasteiger partial charge >= 0.3 is 6.18 Å². The number of fused-ring (bicyclic) bond motifs is 2. The van der Waals surface area contributed by atoms with Gasteiger partial charge in [-0.1, -0.05) is 30.0 Å². The van der Waals surface area contributed by atoms with E-state index in [4.69, 9.17) is 5.11 Å². The number of rotatable bonds is 11. The van der Waals surface area contributed by atoms with Gasteiger partial charge < -0.3 is 20.0 Å². The summed E-state index contributed by atoms with van der Waals surface area (Å²) in [7, 11) is 0. The topological polar surface area (TPSA) is 112 Å². The van der Waals surface area contributed by atoms with E-state index in [0.717, 1.165) is 66.8 Å². The van der Waals surface area contributed by atoms with E-state index in [9.17, 15) is 27.1 Å². The number of piperazine rings is 1. The Morgan fingerprint density at radius 1 is 0.731 bits per heavy atom. The molecule has 0 amide bonds. The average molecular weight is 744 g/mol. The fourth-order valence-corrected chi connectivity index (χ4v) is 7.40. The first-order valence-corrected chi connectivity index (χ1v) is 17.5. The molecule has 0 unspecified atom stereocenters. The Labute approximate surface area is 301 Å². The van der Waals surface area contributed by atoms with Crippen LogP contribution < -0.4 is 4.90 Å². The minimum atomic E-state index is -4.35. The monoisotopic (exact) mass is 743 g/mol. The molecule has 0 radical (unpaired) electrons. The van der Waals surface area contributed by atoms with Crippen LogP contribution >= 0.6 is 11.8 Å². The van der Waals surface area contributed by atoms with Gasteiger partial charge in [0, 0.05) is 60.7 Å². The number of aliphatic hydroxyl groups is 2. The van der Waals surface area contributed by atoms with Crippen molar-refractivity contribution in [1.29, 1.82) is 0 Å². The first-order chi connectivity index (χ1) is 25.0. The Bertz CT molecular complexity index is 1850. The first-order valence-electron chi connectivity index (χ1n) is 16.7. The van der Waals surface area contributed by atoms with Crippen LogP contribution in [0.15, 0.2) is 95.8 Å². The molecule has 0 saturated carbocycles. The van der Waals surface area contributed by atoms with E-state index in [1.807, 2.05) is 29.2 Å². The van der Waals surface area contributed by atoms with Crippen LogP contribution in [0.25, 0.3) is 0 Å². The summed E-state index contributed by atoms with van der Waals surface area (Å²) in [6, 6.07) is 15.0. The molecule has 7 rings (SSSR count). The van der Waals surface area contributed by atoms with E-state index < -0.39 is 29.0 Å². The molecule has 1 fully saturated rings. The number of β-amino-alcohol motifs (C(OH)–C–C–N with tert-alkyl or cyclic N) is 1. The number of anilines is 2. The van der Waals surface area contributed by atoms with Gasteiger partial charge in [-0.25, -0.2) is 28.1 Å². The molecule has 52 heavy (non-hydrogen) atoms. The van der Waals surface area contributed by atoms with Crippen LogP contribution in [-0.4, -0.2) is 102 Å². The molecule has 0 spiro atoms. The zero-order chi connectivity index (χ0) is 36.7. The van der Waals surface area contributed by atoms with Crippen LogP contribution in [0.3, 0.4) is 0 Å². The zero-order valence-electron chi connectivity index (χ0n) is 28.1. The number of aromatic nitrogens is 6. The maximum Gasteiger partial charge on any atom is 0.416 e. The lowest BCUT2D eigenvalue weighted by molar-refractivity contribution is -0.137. The number of halogens is 5. The van der Waals surface area contributed by atoms with Crippen molar-refractivity contribution >= 4 is 23.1 Å². The summed E-state index contributed by atoms with van der Waals surface area (Å²) in [5.41, 5.74) is -0.742. The van der Waals surface area contributed by atoms with Crippen molar-refractivity contribution in [2.45, 2.75) is 41.1 Å². The SMILES string of the molecule is OC(Cn1cncn1)(Cn1cncn1)c1ccc(F)cc1F.OCCN1CCN(CCCN2c3ccccc3Sc3ccc(C(F)(F)F)cc32)CC1. The fraction of sp³-hybridized carbons (Fsp3) is 0.371. The minimum absolute atomic E-state index is 0.0556. The number of benzene rings is 3. The van der Waals surface area contributed by atoms with Gasteiger partial charge in [0.2, 0.25) is 0 Å². The summed E-state index contributed by atoms with van der Waals surface area (Å²) in [6.07, 6.45) is 1.92. The van der Waals surface area contributed by atoms with Gasteiger partial charge in [0.05, 0.1) is 36.6 Å². The average Bonchev–Trinajstić information content (AvgIpc) is 3.83. The van der Waals surface area contributed by atoms with Crippen LogP contribution in [0.2, 0.25) is 0 Å². The Balaban J connectivity index is 0.000000187. The quantitative estimate of drug-likeness (QED) is 0.179. The number of para-hydroxylation sites is 1. The van der Waals surface area contributed by atoms with Gasteiger partial charge in [0.15, 0.2) is 0 Å². The second-order valence-corrected chi connectivity index (χ2v) is 13.6. The molecule has 276 valence electrons. The molecule has 2 N–H and O–H groups in total. The van der Waals surface area contributed by atoms with E-state index in [0.29, 0.717) is 18.8 Å². The maximum atomic E-state index is 14.1. The van der Waals surface area contributed by atoms with Crippen molar-refractivity contribution < 1.29 is 32.2 Å². The Kier molecular flexibility index (Phi) is 11.8. The molecular formula is C35H38F5N9O2S. The van der Waals surface area contributed by atoms with Crippen molar-refractivity contribution in [2.75, 3.05) is 57.3 Å². The van der Waals surface area contributed by atoms with Gasteiger partial charge in [-0.3, -0.25) is 4.90 Å². The lowest BCUT2D eigenvalue weighted by atomic mass is 9.93. The highest BCUT2D eigenvalue weighted by molar-refractivity contribution is 7.99. The van der Waals surface area contributed by atoms with Crippen molar-refractivity contribution in [3.63, 3.8) is 0 Å². The second-order valence-electron chi connectivity index (χ2n) is 12.5. The lowest BCUT2D eigenvalue weighted by Crippen LogP contribution is -2.47. The van der Waals surface area contributed by atoms with E-state index in [1.165, 1.54) is 64.6 Å². The van der Waals surface area contributed by atoms with Gasteiger partial charge in [-0.05, 0) is 49.4 Å². The number of hydrogen-bond acceptors (Lipinski definition) is 10. The molecule has 2 aliphatic heterocycles. The molecule has 5 aromatic rings. The predicted octanol–water partition coefficient (Wildman–Crippen LogP) is 5.04. The van der Waals surface area contributed by atoms with Crippen LogP contribution in [0.5, 0.6) is 0 Å². The van der Waals surface area contributed by atoms with Crippen molar-refractivity contribution in [3.8, 4) is 0 Å². The molecule has 3 aromatic carbocycles. The predicted molar refractivity (Wildman–Crippen MR) is 184 cm³/mol. The molecule has 0 aliphatic carbocycles. The number of aliphatic hydroxyl groups excluding tert-OH is 1. The molecule has 2 aliphatic rings. The highest BCUT2D eigenvalue weighted by Crippen LogP contribution is 2.49. The second kappa shape index (κ2) is 16.5. The summed E-state index contributed by atoms with van der Waals surface area (Å²) >= 11 is 1.53. The van der Waals surface area contributed by atoms with Crippen molar-refractivity contribution in [3.05, 3.63) is 109 Å². The summed E-state index contributed by atoms with van der Waals surface area (Å²) < 4.78 is 69.9. The van der Waals surface area contributed by atoms with Gasteiger partial charge in [-0.15, -0.1) is 0 Å². The normalized spacial score (nSPS) is 15.2. The molecule has 0 bridgehead atoms. The molecule has 17 heteroatoms. The molecule has 11 nitrogen and oxygen atoms in total. The van der Waals surface area contributed by atoms with Gasteiger partial charge in [-0.2, -0.15) is 23.4 Å². The smallest absolute Gasteiger partial charge is 0.395 e. The molecular weight excluding hydrogens is 706 g/mol. The number of hydrogen-bond donors (Lipinski definition) is 2. The lowest BCUT2D eigenvalue weighted by Gasteiger charge is -2.36. The Hall–Kier alpha value is -4.42. The van der Waals surface area contributed by atoms with Gasteiger partial charge in [0.1, 0.15) is 42.5 Å². The van der Waals surface area contributed by atoms with E-state index in [2.05, 4.69) is 30.0 Å². The Morgan fingerprint density at radius 2 is 1.37 bits per heavy atom. The van der Waals surface area contributed by atoms with Crippen LogP contribution in [-0.2, 0) is 24.9 Å². The highest BCUT2D eigenvalue weighted by Gasteiger charge is 2.35. The molecule has 4 heterocycles. The minimum Gasteiger partial charge on any atom is -0.395 e. The first kappa shape index (κ1) is 37.3. The van der Waals surface area contributed by atoms with Crippen molar-refractivity contribution in [2.24, 2.45) is 0 Å². The van der Waals surface area contributed by atoms with E-state index >= 15 is 0 Å². The van der Waals surface area contributed by atoms with Crippen LogP contribution in [0.1, 0.15) is 17.5 Å². The molecule has 0 atom stereocenters. The third kappa shape index (κ3) is 9.14. The van der Waals surface area contributed by atoms with Crippen molar-refractivity contribution in [1.82, 2.24) is 39.3 Å². The third-order valence-corrected chi connectivity index (χ3v) is 10.0. The third-order valence-electron chi connectivity index (χ3n) is 8.90. The summed E-state index contributed by atoms with van der Waals surface area (Å²) in [5.74, 6) is -1.56. The number of nitrogens with zero attached hydrogens (tertiary/aromatic N) is 9. The van der Waals surface area contributed by atoms with Crippen LogP contribution in [0, 0.1) is 11.6 Å². The molecule has 2 aromatic heterocycles. The largest absolute Gasteiger partial charge is 0.416 e. The summed E-state index contributed by atoms with van der Waals surface area (Å²) in [4.78, 5) is 16.2. The van der Waals surface area contributed by atoms with Crippen LogP contribution in [0.4, 0.5) is 33.3 Å². The molecule has 1 saturated heterocycles. The summed E-state index contributed by atoms with van der Waals surface area (Å²) in [6.45, 7) is 6.15. The fourth-order valence-electron chi connectivity index (χ4n) is 6.33. The van der Waals surface area contributed by atoms with E-state index in [1.54, 1.807) is 6.07 Å². The van der Waals surface area contributed by atoms with E-state index in [-0.39, 0.29) is 25.3 Å². The standard InChI is InChI=1S/C22H26F3N3OS.C13H12F2N6O/c23-22(24,25)17-6-7-21-19(16-17)28(18-4-1-2-5-20(18)30-21)9-3-8-26-10-12-27(13-11-26)14-15-29;14-10-1-2-11(12(15)3-10)13(22,4-20-8-16-6-18-20)5-21-9-17-7-19-21/h1-2,4-7,16,29H,3,8-15H2;1-3,6-9,22H,4-5H2. The summed E-state index contributed by atoms with van der Waals surface area (Å²) in [5, 5.41) is 27.8. The highest BCUT2D eigenvalue weighted by atomic mass is 32.2. The Morgan fingerprint density at radius 3 is 1.96 bits per heavy atom. The maximum absolute atomic E-state index is 14.1. The number of alkyl halides is 3. The zero-order valence-corrected chi connectivity index (χ0v) is 28.9. The van der Waals surface area contributed by atoms with Gasteiger partial charge in [0.25, 0.3) is 0 Å².